The van der Waals surface area contributed by atoms with Crippen LogP contribution in [0, 0.1) is 0 Å². The molecule has 0 unspecified atom stereocenters. The molecule has 3 rings (SSSR count). The van der Waals surface area contributed by atoms with E-state index in [2.05, 4.69) is 46.9 Å². The Bertz CT molecular complexity index is 737. The van der Waals surface area contributed by atoms with Gasteiger partial charge in [-0.3, -0.25) is 4.79 Å². The molecule has 1 amide bonds. The maximum Gasteiger partial charge on any atom is 0.223 e. The quantitative estimate of drug-likeness (QED) is 0.572. The molecule has 0 saturated heterocycles. The van der Waals surface area contributed by atoms with E-state index in [0.29, 0.717) is 6.42 Å². The third-order valence-electron chi connectivity index (χ3n) is 5.51. The SMILES string of the molecule is CCCCCCCCC(=O)N1CCn2cccc2[C@@H]1c1cccc(OC)c1. The van der Waals surface area contributed by atoms with E-state index in [1.54, 1.807) is 7.11 Å². The maximum absolute atomic E-state index is 13.0. The Morgan fingerprint density at radius 3 is 2.70 bits per heavy atom. The van der Waals surface area contributed by atoms with Crippen molar-refractivity contribution in [2.45, 2.75) is 64.5 Å². The van der Waals surface area contributed by atoms with Crippen molar-refractivity contribution in [3.05, 3.63) is 53.9 Å². The number of ether oxygens (including phenoxy) is 1. The van der Waals surface area contributed by atoms with Crippen LogP contribution in [0.1, 0.15) is 69.2 Å². The number of hydrogen-bond acceptors (Lipinski definition) is 2. The second-order valence-corrected chi connectivity index (χ2v) is 7.41. The molecule has 1 atom stereocenters. The number of carbonyl (C=O) groups is 1. The lowest BCUT2D eigenvalue weighted by Gasteiger charge is -2.37. The van der Waals surface area contributed by atoms with Crippen molar-refractivity contribution in [3.63, 3.8) is 0 Å². The van der Waals surface area contributed by atoms with E-state index in [-0.39, 0.29) is 11.9 Å². The number of unbranched alkanes of at least 4 members (excludes halogenated alkanes) is 5. The molecule has 0 fully saturated rings. The van der Waals surface area contributed by atoms with Gasteiger partial charge in [0.2, 0.25) is 5.91 Å². The molecular formula is C23H32N2O2. The van der Waals surface area contributed by atoms with Gasteiger partial charge in [-0.25, -0.2) is 0 Å². The number of aromatic nitrogens is 1. The third-order valence-corrected chi connectivity index (χ3v) is 5.51. The fraction of sp³-hybridized carbons (Fsp3) is 0.522. The van der Waals surface area contributed by atoms with Crippen LogP contribution in [-0.2, 0) is 11.3 Å². The van der Waals surface area contributed by atoms with Crippen molar-refractivity contribution in [2.24, 2.45) is 0 Å². The van der Waals surface area contributed by atoms with E-state index in [9.17, 15) is 4.79 Å². The highest BCUT2D eigenvalue weighted by Gasteiger charge is 2.31. The zero-order chi connectivity index (χ0) is 19.1. The van der Waals surface area contributed by atoms with E-state index < -0.39 is 0 Å². The van der Waals surface area contributed by atoms with E-state index >= 15 is 0 Å². The van der Waals surface area contributed by atoms with Crippen LogP contribution in [0.3, 0.4) is 0 Å². The number of rotatable bonds is 9. The van der Waals surface area contributed by atoms with Gasteiger partial charge in [0.15, 0.2) is 0 Å². The first kappa shape index (κ1) is 19.5. The zero-order valence-electron chi connectivity index (χ0n) is 16.7. The number of benzene rings is 1. The molecule has 0 N–H and O–H groups in total. The second-order valence-electron chi connectivity index (χ2n) is 7.41. The largest absolute Gasteiger partial charge is 0.497 e. The van der Waals surface area contributed by atoms with Gasteiger partial charge in [0.25, 0.3) is 0 Å². The van der Waals surface area contributed by atoms with Crippen LogP contribution >= 0.6 is 0 Å². The topological polar surface area (TPSA) is 34.5 Å². The van der Waals surface area contributed by atoms with Crippen molar-refractivity contribution in [3.8, 4) is 5.75 Å². The lowest BCUT2D eigenvalue weighted by atomic mass is 9.98. The standard InChI is InChI=1S/C23H32N2O2/c1-3-4-5-6-7-8-14-22(26)25-17-16-24-15-10-13-21(24)23(25)19-11-9-12-20(18-19)27-2/h9-13,15,18,23H,3-8,14,16-17H2,1-2H3/t23-/m0/s1. The molecule has 27 heavy (non-hydrogen) atoms. The lowest BCUT2D eigenvalue weighted by molar-refractivity contribution is -0.134. The number of fused-ring (bicyclic) bond motifs is 1. The molecule has 4 heteroatoms. The van der Waals surface area contributed by atoms with E-state index in [4.69, 9.17) is 4.74 Å². The van der Waals surface area contributed by atoms with Crippen LogP contribution in [0.25, 0.3) is 0 Å². The van der Waals surface area contributed by atoms with Gasteiger partial charge in [0, 0.05) is 31.4 Å². The molecule has 1 aliphatic rings. The number of carbonyl (C=O) groups excluding carboxylic acids is 1. The minimum absolute atomic E-state index is 0.0311. The smallest absolute Gasteiger partial charge is 0.223 e. The average Bonchev–Trinajstić information content (AvgIpc) is 3.18. The number of hydrogen-bond donors (Lipinski definition) is 0. The van der Waals surface area contributed by atoms with Crippen molar-refractivity contribution in [1.29, 1.82) is 0 Å². The van der Waals surface area contributed by atoms with Gasteiger partial charge in [0.1, 0.15) is 5.75 Å². The van der Waals surface area contributed by atoms with E-state index in [0.717, 1.165) is 37.2 Å². The highest BCUT2D eigenvalue weighted by molar-refractivity contribution is 5.77. The summed E-state index contributed by atoms with van der Waals surface area (Å²) in [6.45, 7) is 3.86. The van der Waals surface area contributed by atoms with Crippen molar-refractivity contribution in [1.82, 2.24) is 9.47 Å². The number of nitrogens with zero attached hydrogens (tertiary/aromatic N) is 2. The number of amides is 1. The highest BCUT2D eigenvalue weighted by atomic mass is 16.5. The van der Waals surface area contributed by atoms with Crippen LogP contribution in [0.2, 0.25) is 0 Å². The zero-order valence-corrected chi connectivity index (χ0v) is 16.7. The molecule has 0 aliphatic carbocycles. The van der Waals surface area contributed by atoms with Crippen LogP contribution in [-0.4, -0.2) is 29.0 Å². The fourth-order valence-electron chi connectivity index (χ4n) is 4.01. The third kappa shape index (κ3) is 4.74. The Kier molecular flexibility index (Phi) is 6.97. The van der Waals surface area contributed by atoms with E-state index in [1.165, 1.54) is 31.4 Å². The summed E-state index contributed by atoms with van der Waals surface area (Å²) in [5, 5.41) is 0. The Morgan fingerprint density at radius 2 is 1.89 bits per heavy atom. The molecule has 2 heterocycles. The molecule has 2 aromatic rings. The molecule has 146 valence electrons. The Labute approximate surface area is 163 Å². The molecule has 1 aromatic heterocycles. The van der Waals surface area contributed by atoms with Crippen LogP contribution in [0.15, 0.2) is 42.6 Å². The molecule has 0 radical (unpaired) electrons. The van der Waals surface area contributed by atoms with Gasteiger partial charge in [-0.05, 0) is 36.2 Å². The van der Waals surface area contributed by atoms with Gasteiger partial charge >= 0.3 is 0 Å². The van der Waals surface area contributed by atoms with Crippen molar-refractivity contribution < 1.29 is 9.53 Å². The summed E-state index contributed by atoms with van der Waals surface area (Å²) in [4.78, 5) is 15.1. The van der Waals surface area contributed by atoms with Gasteiger partial charge in [-0.15, -0.1) is 0 Å². The summed E-state index contributed by atoms with van der Waals surface area (Å²) in [5.41, 5.74) is 2.30. The molecule has 0 spiro atoms. The first-order valence-corrected chi connectivity index (χ1v) is 10.3. The molecule has 1 aliphatic heterocycles. The van der Waals surface area contributed by atoms with Gasteiger partial charge in [0.05, 0.1) is 13.2 Å². The maximum atomic E-state index is 13.0. The minimum atomic E-state index is -0.0311. The monoisotopic (exact) mass is 368 g/mol. The molecule has 0 saturated carbocycles. The Balaban J connectivity index is 1.72. The average molecular weight is 369 g/mol. The van der Waals surface area contributed by atoms with Crippen molar-refractivity contribution in [2.75, 3.05) is 13.7 Å². The molecule has 1 aromatic carbocycles. The summed E-state index contributed by atoms with van der Waals surface area (Å²) in [6, 6.07) is 12.3. The lowest BCUT2D eigenvalue weighted by Crippen LogP contribution is -2.42. The molecule has 0 bridgehead atoms. The van der Waals surface area contributed by atoms with Crippen LogP contribution in [0.5, 0.6) is 5.75 Å². The van der Waals surface area contributed by atoms with Crippen LogP contribution < -0.4 is 4.74 Å². The second kappa shape index (κ2) is 9.63. The summed E-state index contributed by atoms with van der Waals surface area (Å²) in [5.74, 6) is 1.10. The molecular weight excluding hydrogens is 336 g/mol. The van der Waals surface area contributed by atoms with Gasteiger partial charge in [-0.1, -0.05) is 51.2 Å². The highest BCUT2D eigenvalue weighted by Crippen LogP contribution is 2.34. The minimum Gasteiger partial charge on any atom is -0.497 e. The van der Waals surface area contributed by atoms with E-state index in [1.807, 2.05) is 12.1 Å². The van der Waals surface area contributed by atoms with Gasteiger partial charge < -0.3 is 14.2 Å². The Morgan fingerprint density at radius 1 is 1.07 bits per heavy atom. The first-order chi connectivity index (χ1) is 13.2. The summed E-state index contributed by atoms with van der Waals surface area (Å²) < 4.78 is 7.67. The summed E-state index contributed by atoms with van der Waals surface area (Å²) in [6.07, 6.45) is 9.98. The van der Waals surface area contributed by atoms with Crippen LogP contribution in [0.4, 0.5) is 0 Å². The normalized spacial score (nSPS) is 16.2. The predicted octanol–water partition coefficient (Wildman–Crippen LogP) is 5.18. The Hall–Kier alpha value is -2.23. The number of methoxy groups -OCH3 is 1. The molecule has 4 nitrogen and oxygen atoms in total. The van der Waals surface area contributed by atoms with Gasteiger partial charge in [-0.2, -0.15) is 0 Å². The first-order valence-electron chi connectivity index (χ1n) is 10.3. The summed E-state index contributed by atoms with van der Waals surface area (Å²) >= 11 is 0. The predicted molar refractivity (Wildman–Crippen MR) is 109 cm³/mol. The summed E-state index contributed by atoms with van der Waals surface area (Å²) in [7, 11) is 1.68. The van der Waals surface area contributed by atoms with Crippen molar-refractivity contribution >= 4 is 5.91 Å². The fourth-order valence-corrected chi connectivity index (χ4v) is 4.01.